The number of nitrogens with one attached hydrogen (secondary N) is 2. The highest BCUT2D eigenvalue weighted by Crippen LogP contribution is 2.13. The molecule has 27 heavy (non-hydrogen) atoms. The summed E-state index contributed by atoms with van der Waals surface area (Å²) in [5.41, 5.74) is 2.70. The minimum absolute atomic E-state index is 0.568. The molecule has 0 bridgehead atoms. The third-order valence-corrected chi connectivity index (χ3v) is 5.11. The van der Waals surface area contributed by atoms with Crippen LogP contribution < -0.4 is 10.6 Å². The molecule has 0 radical (unpaired) electrons. The summed E-state index contributed by atoms with van der Waals surface area (Å²) in [5.74, 6) is 0.857. The van der Waals surface area contributed by atoms with Crippen molar-refractivity contribution in [3.05, 3.63) is 35.4 Å². The van der Waals surface area contributed by atoms with Crippen LogP contribution >= 0.6 is 0 Å². The smallest absolute Gasteiger partial charge is 0.191 e. The Hall–Kier alpha value is -1.63. The summed E-state index contributed by atoms with van der Waals surface area (Å²) in [6, 6.07) is 9.23. The molecule has 1 aliphatic rings. The van der Waals surface area contributed by atoms with Gasteiger partial charge in [0.25, 0.3) is 0 Å². The van der Waals surface area contributed by atoms with Crippen LogP contribution in [0, 0.1) is 0 Å². The number of ether oxygens (including phenoxy) is 1. The van der Waals surface area contributed by atoms with Gasteiger partial charge in [-0.1, -0.05) is 31.2 Å². The summed E-state index contributed by atoms with van der Waals surface area (Å²) in [5, 5.41) is 6.89. The van der Waals surface area contributed by atoms with Gasteiger partial charge in [-0.15, -0.1) is 0 Å². The minimum Gasteiger partial charge on any atom is -0.379 e. The van der Waals surface area contributed by atoms with Gasteiger partial charge < -0.3 is 15.4 Å². The van der Waals surface area contributed by atoms with Gasteiger partial charge in [-0.25, -0.2) is 0 Å². The molecule has 152 valence electrons. The molecular weight excluding hydrogens is 338 g/mol. The van der Waals surface area contributed by atoms with E-state index in [4.69, 9.17) is 4.74 Å². The van der Waals surface area contributed by atoms with Gasteiger partial charge in [-0.05, 0) is 31.5 Å². The standard InChI is InChI=1S/C21H37N5O/c1-5-26(18(2)3)11-10-23-21(22-4)24-16-19-8-6-7-9-20(19)17-25-12-14-27-15-13-25/h6-9,18H,5,10-17H2,1-4H3,(H2,22,23,24). The Balaban J connectivity index is 1.83. The second-order valence-electron chi connectivity index (χ2n) is 7.23. The summed E-state index contributed by atoms with van der Waals surface area (Å²) in [4.78, 5) is 9.27. The monoisotopic (exact) mass is 375 g/mol. The van der Waals surface area contributed by atoms with Gasteiger partial charge in [0, 0.05) is 52.4 Å². The van der Waals surface area contributed by atoms with Crippen LogP contribution in [0.3, 0.4) is 0 Å². The van der Waals surface area contributed by atoms with Crippen LogP contribution in [0.4, 0.5) is 0 Å². The number of rotatable bonds is 9. The number of hydrogen-bond donors (Lipinski definition) is 2. The Morgan fingerprint density at radius 2 is 1.89 bits per heavy atom. The summed E-state index contributed by atoms with van der Waals surface area (Å²) in [6.07, 6.45) is 0. The Labute approximate surface area is 165 Å². The molecule has 2 N–H and O–H groups in total. The van der Waals surface area contributed by atoms with Crippen LogP contribution in [-0.2, 0) is 17.8 Å². The van der Waals surface area contributed by atoms with Crippen molar-refractivity contribution in [1.29, 1.82) is 0 Å². The lowest BCUT2D eigenvalue weighted by atomic mass is 10.1. The maximum Gasteiger partial charge on any atom is 0.191 e. The first kappa shape index (κ1) is 21.7. The summed E-state index contributed by atoms with van der Waals surface area (Å²) in [6.45, 7) is 15.1. The zero-order chi connectivity index (χ0) is 19.5. The molecule has 1 aliphatic heterocycles. The first-order valence-corrected chi connectivity index (χ1v) is 10.2. The molecule has 6 nitrogen and oxygen atoms in total. The van der Waals surface area contributed by atoms with E-state index >= 15 is 0 Å². The van der Waals surface area contributed by atoms with Gasteiger partial charge in [0.05, 0.1) is 13.2 Å². The zero-order valence-electron chi connectivity index (χ0n) is 17.5. The maximum absolute atomic E-state index is 5.46. The predicted octanol–water partition coefficient (Wildman–Crippen LogP) is 1.91. The van der Waals surface area contributed by atoms with Crippen molar-refractivity contribution in [3.63, 3.8) is 0 Å². The fraction of sp³-hybridized carbons (Fsp3) is 0.667. The lowest BCUT2D eigenvalue weighted by Gasteiger charge is -2.27. The molecule has 0 spiro atoms. The molecule has 1 aromatic rings. The van der Waals surface area contributed by atoms with Gasteiger partial charge in [0.15, 0.2) is 5.96 Å². The Morgan fingerprint density at radius 1 is 1.19 bits per heavy atom. The number of likely N-dealkylation sites (N-methyl/N-ethyl adjacent to an activating group) is 1. The van der Waals surface area contributed by atoms with Crippen molar-refractivity contribution < 1.29 is 4.74 Å². The highest BCUT2D eigenvalue weighted by molar-refractivity contribution is 5.79. The number of benzene rings is 1. The number of hydrogen-bond acceptors (Lipinski definition) is 4. The fourth-order valence-corrected chi connectivity index (χ4v) is 3.38. The van der Waals surface area contributed by atoms with Crippen molar-refractivity contribution in [2.45, 2.75) is 39.9 Å². The van der Waals surface area contributed by atoms with Gasteiger partial charge in [-0.3, -0.25) is 14.8 Å². The van der Waals surface area contributed by atoms with E-state index in [1.165, 1.54) is 11.1 Å². The Morgan fingerprint density at radius 3 is 2.52 bits per heavy atom. The molecule has 0 aromatic heterocycles. The van der Waals surface area contributed by atoms with Crippen molar-refractivity contribution in [1.82, 2.24) is 20.4 Å². The van der Waals surface area contributed by atoms with Crippen LogP contribution in [0.1, 0.15) is 31.9 Å². The molecular formula is C21H37N5O. The molecule has 1 fully saturated rings. The maximum atomic E-state index is 5.46. The van der Waals surface area contributed by atoms with E-state index in [0.717, 1.165) is 65.0 Å². The van der Waals surface area contributed by atoms with E-state index in [9.17, 15) is 0 Å². The Kier molecular flexibility index (Phi) is 9.59. The van der Waals surface area contributed by atoms with Gasteiger partial charge in [0.2, 0.25) is 0 Å². The second-order valence-corrected chi connectivity index (χ2v) is 7.23. The molecule has 6 heteroatoms. The third-order valence-electron chi connectivity index (χ3n) is 5.11. The first-order chi connectivity index (χ1) is 13.1. The topological polar surface area (TPSA) is 52.1 Å². The highest BCUT2D eigenvalue weighted by Gasteiger charge is 2.13. The Bertz CT molecular complexity index is 569. The molecule has 1 saturated heterocycles. The summed E-state index contributed by atoms with van der Waals surface area (Å²) in [7, 11) is 1.83. The average molecular weight is 376 g/mol. The normalized spacial score (nSPS) is 16.1. The quantitative estimate of drug-likeness (QED) is 0.510. The SMILES string of the molecule is CCN(CCNC(=NC)NCc1ccccc1CN1CCOCC1)C(C)C. The average Bonchev–Trinajstić information content (AvgIpc) is 2.69. The molecule has 0 saturated carbocycles. The molecule has 0 atom stereocenters. The lowest BCUT2D eigenvalue weighted by molar-refractivity contribution is 0.0341. The van der Waals surface area contributed by atoms with E-state index < -0.39 is 0 Å². The van der Waals surface area contributed by atoms with Crippen LogP contribution in [0.15, 0.2) is 29.3 Å². The third kappa shape index (κ3) is 7.48. The van der Waals surface area contributed by atoms with Crippen molar-refractivity contribution >= 4 is 5.96 Å². The molecule has 0 aliphatic carbocycles. The van der Waals surface area contributed by atoms with Crippen LogP contribution in [0.5, 0.6) is 0 Å². The van der Waals surface area contributed by atoms with Crippen molar-refractivity contribution in [3.8, 4) is 0 Å². The first-order valence-electron chi connectivity index (χ1n) is 10.2. The van der Waals surface area contributed by atoms with E-state index in [1.807, 2.05) is 7.05 Å². The molecule has 1 aromatic carbocycles. The van der Waals surface area contributed by atoms with Gasteiger partial charge >= 0.3 is 0 Å². The molecule has 0 amide bonds. The van der Waals surface area contributed by atoms with Crippen LogP contribution in [-0.4, -0.2) is 74.8 Å². The van der Waals surface area contributed by atoms with Crippen molar-refractivity contribution in [2.24, 2.45) is 4.99 Å². The highest BCUT2D eigenvalue weighted by atomic mass is 16.5. The second kappa shape index (κ2) is 12.0. The van der Waals surface area contributed by atoms with E-state index in [0.29, 0.717) is 6.04 Å². The lowest BCUT2D eigenvalue weighted by Crippen LogP contribution is -2.43. The number of nitrogens with zero attached hydrogens (tertiary/aromatic N) is 3. The summed E-state index contributed by atoms with van der Waals surface area (Å²) < 4.78 is 5.46. The number of guanidine groups is 1. The largest absolute Gasteiger partial charge is 0.379 e. The predicted molar refractivity (Wildman–Crippen MR) is 113 cm³/mol. The van der Waals surface area contributed by atoms with Crippen LogP contribution in [0.2, 0.25) is 0 Å². The van der Waals surface area contributed by atoms with Crippen LogP contribution in [0.25, 0.3) is 0 Å². The number of morpholine rings is 1. The molecule has 2 rings (SSSR count). The van der Waals surface area contributed by atoms with Gasteiger partial charge in [0.1, 0.15) is 0 Å². The van der Waals surface area contributed by atoms with Gasteiger partial charge in [-0.2, -0.15) is 0 Å². The molecule has 1 heterocycles. The number of aliphatic imine (C=N–C) groups is 1. The zero-order valence-corrected chi connectivity index (χ0v) is 17.5. The van der Waals surface area contributed by atoms with E-state index in [1.54, 1.807) is 0 Å². The van der Waals surface area contributed by atoms with E-state index in [2.05, 4.69) is 70.5 Å². The van der Waals surface area contributed by atoms with E-state index in [-0.39, 0.29) is 0 Å². The molecule has 0 unspecified atom stereocenters. The minimum atomic E-state index is 0.568. The fourth-order valence-electron chi connectivity index (χ4n) is 3.38. The summed E-state index contributed by atoms with van der Waals surface area (Å²) >= 11 is 0. The van der Waals surface area contributed by atoms with Crippen molar-refractivity contribution in [2.75, 3.05) is 53.0 Å².